The van der Waals surface area contributed by atoms with E-state index in [0.717, 1.165) is 64.2 Å². The average Bonchev–Trinajstić information content (AvgIpc) is 3.13. The van der Waals surface area contributed by atoms with E-state index in [4.69, 9.17) is 9.47 Å². The smallest absolute Gasteiger partial charge is 0.220 e. The number of carbonyl (C=O) groups excluding carboxylic acids is 1. The fourth-order valence-corrected chi connectivity index (χ4v) is 6.04. The first-order valence-corrected chi connectivity index (χ1v) is 20.4. The van der Waals surface area contributed by atoms with Crippen LogP contribution in [0.15, 0.2) is 48.6 Å². The minimum atomic E-state index is -1.57. The molecule has 0 bridgehead atoms. The molecule has 0 radical (unpaired) electrons. The Morgan fingerprint density at radius 1 is 0.667 bits per heavy atom. The second-order valence-corrected chi connectivity index (χ2v) is 14.1. The van der Waals surface area contributed by atoms with Gasteiger partial charge in [0.2, 0.25) is 5.91 Å². The van der Waals surface area contributed by atoms with E-state index < -0.39 is 49.5 Å². The Balaban J connectivity index is 2.38. The third-order valence-corrected chi connectivity index (χ3v) is 9.40. The number of unbranched alkanes of at least 4 members (excludes halogenated alkanes) is 16. The van der Waals surface area contributed by atoms with E-state index >= 15 is 0 Å². The number of hydrogen-bond donors (Lipinski definition) is 6. The van der Waals surface area contributed by atoms with Crippen molar-refractivity contribution >= 4 is 5.91 Å². The highest BCUT2D eigenvalue weighted by Gasteiger charge is 2.44. The van der Waals surface area contributed by atoms with Gasteiger partial charge in [0.25, 0.3) is 0 Å². The second kappa shape index (κ2) is 32.8. The van der Waals surface area contributed by atoms with Crippen molar-refractivity contribution < 1.29 is 39.8 Å². The molecule has 0 aromatic rings. The summed E-state index contributed by atoms with van der Waals surface area (Å²) in [5.74, 6) is -0.195. The lowest BCUT2D eigenvalue weighted by molar-refractivity contribution is -0.302. The van der Waals surface area contributed by atoms with E-state index in [9.17, 15) is 30.3 Å². The van der Waals surface area contributed by atoms with Crippen molar-refractivity contribution in [3.8, 4) is 0 Å². The minimum Gasteiger partial charge on any atom is -0.394 e. The van der Waals surface area contributed by atoms with Crippen LogP contribution in [0, 0.1) is 0 Å². The lowest BCUT2D eigenvalue weighted by Gasteiger charge is -2.40. The summed E-state index contributed by atoms with van der Waals surface area (Å²) in [6.07, 6.45) is 33.0. The van der Waals surface area contributed by atoms with Gasteiger partial charge in [-0.3, -0.25) is 4.79 Å². The maximum atomic E-state index is 12.9. The van der Waals surface area contributed by atoms with Crippen LogP contribution in [0.4, 0.5) is 0 Å². The molecule has 7 unspecified atom stereocenters. The van der Waals surface area contributed by atoms with Crippen molar-refractivity contribution in [3.05, 3.63) is 48.6 Å². The Morgan fingerprint density at radius 3 is 1.75 bits per heavy atom. The highest BCUT2D eigenvalue weighted by Crippen LogP contribution is 2.22. The van der Waals surface area contributed by atoms with Gasteiger partial charge < -0.3 is 40.3 Å². The van der Waals surface area contributed by atoms with Gasteiger partial charge in [-0.05, 0) is 57.8 Å². The number of hydrogen-bond acceptors (Lipinski definition) is 8. The van der Waals surface area contributed by atoms with Crippen LogP contribution >= 0.6 is 0 Å². The summed E-state index contributed by atoms with van der Waals surface area (Å²) in [6, 6.07) is -0.809. The summed E-state index contributed by atoms with van der Waals surface area (Å²) < 4.78 is 11.1. The number of ether oxygens (including phenoxy) is 2. The molecule has 6 N–H and O–H groups in total. The number of amides is 1. The zero-order valence-electron chi connectivity index (χ0n) is 32.1. The van der Waals surface area contributed by atoms with E-state index in [1.54, 1.807) is 6.08 Å². The van der Waals surface area contributed by atoms with Crippen molar-refractivity contribution in [1.29, 1.82) is 0 Å². The Bertz CT molecular complexity index is 936. The van der Waals surface area contributed by atoms with Gasteiger partial charge in [-0.25, -0.2) is 0 Å². The van der Waals surface area contributed by atoms with Crippen LogP contribution in [0.5, 0.6) is 0 Å². The van der Waals surface area contributed by atoms with Gasteiger partial charge in [0.15, 0.2) is 6.29 Å². The molecule has 1 fully saturated rings. The molecule has 9 heteroatoms. The molecule has 0 aliphatic carbocycles. The summed E-state index contributed by atoms with van der Waals surface area (Å²) >= 11 is 0. The quantitative estimate of drug-likeness (QED) is 0.0309. The minimum absolute atomic E-state index is 0.195. The van der Waals surface area contributed by atoms with Crippen molar-refractivity contribution in [2.45, 2.75) is 198 Å². The molecule has 0 aromatic carbocycles. The fraction of sp³-hybridized carbons (Fsp3) is 0.786. The van der Waals surface area contributed by atoms with E-state index in [2.05, 4.69) is 55.6 Å². The molecule has 1 aliphatic heterocycles. The highest BCUT2D eigenvalue weighted by molar-refractivity contribution is 5.76. The monoisotopic (exact) mass is 722 g/mol. The molecule has 1 heterocycles. The summed E-state index contributed by atoms with van der Waals surface area (Å²) in [5.41, 5.74) is 0. The third kappa shape index (κ3) is 24.2. The molecule has 1 amide bonds. The van der Waals surface area contributed by atoms with Crippen LogP contribution < -0.4 is 5.32 Å². The Hall–Kier alpha value is -1.85. The van der Waals surface area contributed by atoms with Crippen LogP contribution in [0.1, 0.15) is 155 Å². The molecule has 9 nitrogen and oxygen atoms in total. The first-order chi connectivity index (χ1) is 24.8. The number of aliphatic hydroxyl groups excluding tert-OH is 5. The number of allylic oxidation sites excluding steroid dienone is 7. The predicted octanol–water partition coefficient (Wildman–Crippen LogP) is 7.50. The van der Waals surface area contributed by atoms with Crippen LogP contribution in [0.3, 0.4) is 0 Å². The Morgan fingerprint density at radius 2 is 1.16 bits per heavy atom. The maximum Gasteiger partial charge on any atom is 0.220 e. The van der Waals surface area contributed by atoms with Crippen LogP contribution in [0.25, 0.3) is 0 Å². The van der Waals surface area contributed by atoms with Crippen molar-refractivity contribution in [1.82, 2.24) is 5.32 Å². The molecular formula is C42H75NO8. The molecule has 7 atom stereocenters. The predicted molar refractivity (Wildman–Crippen MR) is 207 cm³/mol. The number of nitrogens with one attached hydrogen (secondary N) is 1. The first kappa shape index (κ1) is 47.2. The first-order valence-electron chi connectivity index (χ1n) is 20.4. The van der Waals surface area contributed by atoms with E-state index in [0.29, 0.717) is 6.42 Å². The number of rotatable bonds is 32. The number of carbonyl (C=O) groups is 1. The summed E-state index contributed by atoms with van der Waals surface area (Å²) in [5, 5.41) is 53.9. The van der Waals surface area contributed by atoms with Crippen LogP contribution in [0.2, 0.25) is 0 Å². The van der Waals surface area contributed by atoms with Crippen molar-refractivity contribution in [3.63, 3.8) is 0 Å². The highest BCUT2D eigenvalue weighted by atomic mass is 16.7. The summed E-state index contributed by atoms with van der Waals surface area (Å²) in [4.78, 5) is 12.9. The van der Waals surface area contributed by atoms with Gasteiger partial charge in [-0.15, -0.1) is 0 Å². The SMILES string of the molecule is CCCCC/C=C\C/C=C\C/C=C\CCCCCCCCC(=O)NC(COC1OC(CO)C(O)C(O)C1O)C(O)/C=C/CCCCCCCCC. The van der Waals surface area contributed by atoms with Gasteiger partial charge in [0, 0.05) is 6.42 Å². The molecule has 1 aliphatic rings. The third-order valence-electron chi connectivity index (χ3n) is 9.40. The standard InChI is InChI=1S/C42H75NO8/c1-3-5-7-9-11-13-14-15-16-17-18-19-20-21-22-24-26-28-30-32-38(46)43-35(36(45)31-29-27-25-23-12-10-8-6-4-2)34-50-42-41(49)40(48)39(47)37(33-44)51-42/h11,13,15-16,18-19,29,31,35-37,39-42,44-45,47-49H,3-10,12,14,17,20-28,30,32-34H2,1-2H3,(H,43,46)/b13-11-,16-15-,19-18-,31-29+. The van der Waals surface area contributed by atoms with Gasteiger partial charge in [-0.1, -0.05) is 140 Å². The molecule has 0 aromatic heterocycles. The van der Waals surface area contributed by atoms with Crippen LogP contribution in [-0.4, -0.2) is 87.5 Å². The largest absolute Gasteiger partial charge is 0.394 e. The normalized spacial score (nSPS) is 22.5. The molecule has 0 saturated carbocycles. The van der Waals surface area contributed by atoms with E-state index in [1.165, 1.54) is 70.6 Å². The zero-order valence-corrected chi connectivity index (χ0v) is 32.1. The van der Waals surface area contributed by atoms with Gasteiger partial charge in [-0.2, -0.15) is 0 Å². The van der Waals surface area contributed by atoms with Gasteiger partial charge in [0.05, 0.1) is 25.4 Å². The second-order valence-electron chi connectivity index (χ2n) is 14.1. The maximum absolute atomic E-state index is 12.9. The Kier molecular flexibility index (Phi) is 30.3. The molecular weight excluding hydrogens is 646 g/mol. The number of aliphatic hydroxyl groups is 5. The summed E-state index contributed by atoms with van der Waals surface area (Å²) in [7, 11) is 0. The molecule has 51 heavy (non-hydrogen) atoms. The lowest BCUT2D eigenvalue weighted by Crippen LogP contribution is -2.60. The average molecular weight is 722 g/mol. The van der Waals surface area contributed by atoms with Gasteiger partial charge in [0.1, 0.15) is 24.4 Å². The van der Waals surface area contributed by atoms with Gasteiger partial charge >= 0.3 is 0 Å². The fourth-order valence-electron chi connectivity index (χ4n) is 6.04. The molecule has 1 rings (SSSR count). The molecule has 1 saturated heterocycles. The Labute approximate surface area is 310 Å². The van der Waals surface area contributed by atoms with Crippen LogP contribution in [-0.2, 0) is 14.3 Å². The van der Waals surface area contributed by atoms with E-state index in [1.807, 2.05) is 6.08 Å². The van der Waals surface area contributed by atoms with Crippen molar-refractivity contribution in [2.24, 2.45) is 0 Å². The summed E-state index contributed by atoms with van der Waals surface area (Å²) in [6.45, 7) is 3.68. The van der Waals surface area contributed by atoms with E-state index in [-0.39, 0.29) is 12.5 Å². The molecule has 0 spiro atoms. The lowest BCUT2D eigenvalue weighted by atomic mass is 9.99. The zero-order chi connectivity index (χ0) is 37.4. The van der Waals surface area contributed by atoms with Crippen molar-refractivity contribution in [2.75, 3.05) is 13.2 Å². The molecule has 296 valence electrons. The topological polar surface area (TPSA) is 149 Å².